The highest BCUT2D eigenvalue weighted by Gasteiger charge is 2.14. The first-order valence-electron chi connectivity index (χ1n) is 17.8. The quantitative estimate of drug-likeness (QED) is 0.106. The zero-order valence-electron chi connectivity index (χ0n) is 30.3. The Balaban J connectivity index is 1.10. The Bertz CT molecular complexity index is 2300. The van der Waals surface area contributed by atoms with Crippen LogP contribution in [0.15, 0.2) is 170 Å². The summed E-state index contributed by atoms with van der Waals surface area (Å²) in [5.41, 5.74) is 13.2. The summed E-state index contributed by atoms with van der Waals surface area (Å²) in [6.07, 6.45) is 7.80. The fraction of sp³-hybridized carbons (Fsp3) is 0.0400. The average Bonchev–Trinajstić information content (AvgIpc) is 3.22. The number of benzene rings is 7. The van der Waals surface area contributed by atoms with Gasteiger partial charge in [0.15, 0.2) is 5.69 Å². The smallest absolute Gasteiger partial charge is 0.194 e. The third kappa shape index (κ3) is 8.05. The van der Waals surface area contributed by atoms with E-state index in [1.54, 1.807) is 12.1 Å². The third-order valence-corrected chi connectivity index (χ3v) is 9.27. The van der Waals surface area contributed by atoms with Gasteiger partial charge in [-0.1, -0.05) is 120 Å². The van der Waals surface area contributed by atoms with E-state index in [2.05, 4.69) is 156 Å². The summed E-state index contributed by atoms with van der Waals surface area (Å²) in [5, 5.41) is 10.1. The number of para-hydroxylation sites is 2. The Kier molecular flexibility index (Phi) is 10.6. The second kappa shape index (κ2) is 16.3. The molecule has 0 aliphatic rings. The fourth-order valence-corrected chi connectivity index (χ4v) is 6.36. The number of hydrogen-bond acceptors (Lipinski definition) is 3. The van der Waals surface area contributed by atoms with Gasteiger partial charge in [-0.25, -0.2) is 4.85 Å². The molecule has 0 saturated carbocycles. The highest BCUT2D eigenvalue weighted by atomic mass is 15.1. The van der Waals surface area contributed by atoms with Gasteiger partial charge in [0.2, 0.25) is 0 Å². The van der Waals surface area contributed by atoms with Crippen LogP contribution < -0.4 is 9.80 Å². The molecule has 0 fully saturated rings. The second-order valence-electron chi connectivity index (χ2n) is 13.1. The summed E-state index contributed by atoms with van der Waals surface area (Å²) < 4.78 is 0. The van der Waals surface area contributed by atoms with Gasteiger partial charge in [-0.15, -0.1) is 0 Å². The van der Waals surface area contributed by atoms with Gasteiger partial charge < -0.3 is 9.80 Å². The van der Waals surface area contributed by atoms with Gasteiger partial charge >= 0.3 is 0 Å². The monoisotopic (exact) mass is 694 g/mol. The van der Waals surface area contributed by atoms with Crippen LogP contribution >= 0.6 is 0 Å². The van der Waals surface area contributed by atoms with E-state index in [4.69, 9.17) is 6.57 Å². The largest absolute Gasteiger partial charge is 0.311 e. The summed E-state index contributed by atoms with van der Waals surface area (Å²) in [7, 11) is 0. The maximum Gasteiger partial charge on any atom is 0.194 e. The van der Waals surface area contributed by atoms with Crippen LogP contribution in [-0.2, 0) is 0 Å². The Morgan fingerprint density at radius 3 is 1.22 bits per heavy atom. The van der Waals surface area contributed by atoms with E-state index in [1.165, 1.54) is 11.1 Å². The molecule has 0 radical (unpaired) electrons. The van der Waals surface area contributed by atoms with Crippen LogP contribution in [-0.4, -0.2) is 0 Å². The Morgan fingerprint density at radius 1 is 0.463 bits per heavy atom. The van der Waals surface area contributed by atoms with Gasteiger partial charge in [-0.3, -0.25) is 0 Å². The molecule has 0 N–H and O–H groups in total. The van der Waals surface area contributed by atoms with Crippen molar-refractivity contribution in [3.63, 3.8) is 0 Å². The molecule has 0 unspecified atom stereocenters. The van der Waals surface area contributed by atoms with Crippen LogP contribution in [0.5, 0.6) is 0 Å². The van der Waals surface area contributed by atoms with E-state index in [9.17, 15) is 5.26 Å². The fourth-order valence-electron chi connectivity index (χ4n) is 6.36. The van der Waals surface area contributed by atoms with Crippen molar-refractivity contribution < 1.29 is 0 Å². The van der Waals surface area contributed by atoms with Crippen molar-refractivity contribution in [1.29, 1.82) is 5.26 Å². The van der Waals surface area contributed by atoms with E-state index in [1.807, 2.05) is 60.7 Å². The van der Waals surface area contributed by atoms with E-state index in [-0.39, 0.29) is 0 Å². The molecule has 7 aromatic rings. The molecular formula is C50H38N4. The zero-order valence-corrected chi connectivity index (χ0v) is 30.3. The molecule has 0 amide bonds. The number of aryl methyl sites for hydroxylation is 2. The summed E-state index contributed by atoms with van der Waals surface area (Å²) in [6.45, 7) is 12.1. The van der Waals surface area contributed by atoms with Crippen LogP contribution in [0, 0.1) is 31.8 Å². The third-order valence-electron chi connectivity index (χ3n) is 9.27. The molecule has 0 aliphatic heterocycles. The minimum absolute atomic E-state index is 0.489. The van der Waals surface area contributed by atoms with Gasteiger partial charge in [0.1, 0.15) is 0 Å². The molecule has 0 atom stereocenters. The predicted molar refractivity (Wildman–Crippen MR) is 227 cm³/mol. The molecule has 0 aliphatic carbocycles. The minimum atomic E-state index is 0.489. The topological polar surface area (TPSA) is 34.6 Å². The summed E-state index contributed by atoms with van der Waals surface area (Å²) in [5.74, 6) is 0. The molecule has 7 rings (SSSR count). The van der Waals surface area contributed by atoms with Crippen molar-refractivity contribution in [3.8, 4) is 6.07 Å². The van der Waals surface area contributed by atoms with Crippen LogP contribution in [0.3, 0.4) is 0 Å². The highest BCUT2D eigenvalue weighted by molar-refractivity contribution is 5.84. The lowest BCUT2D eigenvalue weighted by atomic mass is 10.0. The lowest BCUT2D eigenvalue weighted by Crippen LogP contribution is -2.09. The van der Waals surface area contributed by atoms with Crippen molar-refractivity contribution >= 4 is 64.1 Å². The molecule has 258 valence electrons. The van der Waals surface area contributed by atoms with Crippen molar-refractivity contribution in [2.75, 3.05) is 9.80 Å². The summed E-state index contributed by atoms with van der Waals surface area (Å²) in [4.78, 5) is 8.28. The van der Waals surface area contributed by atoms with E-state index >= 15 is 0 Å². The molecule has 54 heavy (non-hydrogen) atoms. The van der Waals surface area contributed by atoms with Gasteiger partial charge in [-0.05, 0) is 121 Å². The Labute approximate surface area is 318 Å². The Morgan fingerprint density at radius 2 is 0.833 bits per heavy atom. The molecule has 0 bridgehead atoms. The van der Waals surface area contributed by atoms with Crippen molar-refractivity contribution in [2.45, 2.75) is 13.8 Å². The van der Waals surface area contributed by atoms with E-state index in [0.717, 1.165) is 45.3 Å². The van der Waals surface area contributed by atoms with Crippen molar-refractivity contribution in [3.05, 3.63) is 220 Å². The van der Waals surface area contributed by atoms with Gasteiger partial charge in [0.05, 0.1) is 18.2 Å². The minimum Gasteiger partial charge on any atom is -0.311 e. The maximum atomic E-state index is 10.1. The van der Waals surface area contributed by atoms with E-state index in [0.29, 0.717) is 22.4 Å². The van der Waals surface area contributed by atoms with Crippen LogP contribution in [0.2, 0.25) is 0 Å². The maximum absolute atomic E-state index is 10.1. The molecule has 0 aromatic heterocycles. The van der Waals surface area contributed by atoms with Crippen molar-refractivity contribution in [2.24, 2.45) is 0 Å². The standard InChI is InChI=1S/C50H38N4/c1-37-14-26-46(27-15-37)53(44-10-6-4-7-11-44)48-30-20-39(21-31-48)18-24-41-35-50(52-3)42(34-43(41)36-51)25-19-40-22-32-49(33-23-40)54(45-12-8-5-9-13-45)47-28-16-38(2)17-29-47/h4-35H,1-2H3. The first kappa shape index (κ1) is 35.0. The van der Waals surface area contributed by atoms with Gasteiger partial charge in [0, 0.05) is 34.1 Å². The van der Waals surface area contributed by atoms with E-state index < -0.39 is 0 Å². The molecule has 4 heteroatoms. The first-order chi connectivity index (χ1) is 26.5. The van der Waals surface area contributed by atoms with Gasteiger partial charge in [0.25, 0.3) is 0 Å². The Hall–Kier alpha value is -7.40. The highest BCUT2D eigenvalue weighted by Crippen LogP contribution is 2.36. The van der Waals surface area contributed by atoms with Crippen LogP contribution in [0.4, 0.5) is 39.8 Å². The molecule has 4 nitrogen and oxygen atoms in total. The second-order valence-corrected chi connectivity index (χ2v) is 13.1. The zero-order chi connectivity index (χ0) is 37.3. The number of nitrogens with zero attached hydrogens (tertiary/aromatic N) is 4. The van der Waals surface area contributed by atoms with Crippen LogP contribution in [0.1, 0.15) is 38.9 Å². The normalized spacial score (nSPS) is 11.0. The lowest BCUT2D eigenvalue weighted by Gasteiger charge is -2.25. The van der Waals surface area contributed by atoms with Crippen LogP contribution in [0.25, 0.3) is 29.1 Å². The first-order valence-corrected chi connectivity index (χ1v) is 17.8. The molecule has 7 aromatic carbocycles. The summed E-state index contributed by atoms with van der Waals surface area (Å²) in [6, 6.07) is 60.3. The molecule has 0 heterocycles. The molecular weight excluding hydrogens is 657 g/mol. The number of anilines is 6. The average molecular weight is 695 g/mol. The number of hydrogen-bond donors (Lipinski definition) is 0. The summed E-state index contributed by atoms with van der Waals surface area (Å²) >= 11 is 0. The van der Waals surface area contributed by atoms with Gasteiger partial charge in [-0.2, -0.15) is 5.26 Å². The molecule has 0 spiro atoms. The predicted octanol–water partition coefficient (Wildman–Crippen LogP) is 14.0. The lowest BCUT2D eigenvalue weighted by molar-refractivity contribution is 1.27. The van der Waals surface area contributed by atoms with Crippen molar-refractivity contribution in [1.82, 2.24) is 0 Å². The molecule has 0 saturated heterocycles. The SMILES string of the molecule is [C-]#[N+]c1cc(C=Cc2ccc(N(c3ccccc3)c3ccc(C)cc3)cc2)c(C#N)cc1C=Cc1ccc(N(c2ccccc2)c2ccc(C)cc2)cc1. The number of rotatable bonds is 10. The number of nitriles is 1.